The number of carbonyl (C=O) groups excluding carboxylic acids is 1. The van der Waals surface area contributed by atoms with Gasteiger partial charge in [0.05, 0.1) is 12.7 Å². The SMILES string of the molecule is COC(=O)c1cccc2c(Br)cc3ccccc3c12. The molecule has 0 N–H and O–H groups in total. The Labute approximate surface area is 119 Å². The van der Waals surface area contributed by atoms with Crippen molar-refractivity contribution in [1.82, 2.24) is 0 Å². The minimum Gasteiger partial charge on any atom is -0.465 e. The van der Waals surface area contributed by atoms with Crippen LogP contribution in [0.15, 0.2) is 53.0 Å². The second-order valence-electron chi connectivity index (χ2n) is 4.30. The molecule has 0 spiro atoms. The summed E-state index contributed by atoms with van der Waals surface area (Å²) in [4.78, 5) is 11.9. The van der Waals surface area contributed by atoms with Gasteiger partial charge in [0, 0.05) is 9.86 Å². The average Bonchev–Trinajstić information content (AvgIpc) is 2.46. The highest BCUT2D eigenvalue weighted by Crippen LogP contribution is 2.34. The smallest absolute Gasteiger partial charge is 0.338 e. The summed E-state index contributed by atoms with van der Waals surface area (Å²) in [6.07, 6.45) is 0. The van der Waals surface area contributed by atoms with Gasteiger partial charge in [-0.15, -0.1) is 0 Å². The van der Waals surface area contributed by atoms with Gasteiger partial charge in [-0.3, -0.25) is 0 Å². The van der Waals surface area contributed by atoms with Crippen LogP contribution in [0, 0.1) is 0 Å². The van der Waals surface area contributed by atoms with Gasteiger partial charge in [0.1, 0.15) is 0 Å². The summed E-state index contributed by atoms with van der Waals surface area (Å²) >= 11 is 3.57. The number of ether oxygens (including phenoxy) is 1. The third-order valence-electron chi connectivity index (χ3n) is 3.24. The number of hydrogen-bond donors (Lipinski definition) is 0. The first-order valence-electron chi connectivity index (χ1n) is 5.90. The third kappa shape index (κ3) is 1.90. The largest absolute Gasteiger partial charge is 0.465 e. The summed E-state index contributed by atoms with van der Waals surface area (Å²) in [6.45, 7) is 0. The van der Waals surface area contributed by atoms with E-state index in [2.05, 4.69) is 22.0 Å². The van der Waals surface area contributed by atoms with Crippen LogP contribution in [-0.2, 0) is 4.74 Å². The molecular formula is C16H11BrO2. The molecule has 0 saturated heterocycles. The number of rotatable bonds is 1. The molecule has 3 aromatic rings. The number of fused-ring (bicyclic) bond motifs is 3. The van der Waals surface area contributed by atoms with E-state index in [9.17, 15) is 4.79 Å². The number of hydrogen-bond acceptors (Lipinski definition) is 2. The lowest BCUT2D eigenvalue weighted by Crippen LogP contribution is -2.02. The zero-order valence-corrected chi connectivity index (χ0v) is 11.9. The molecule has 0 amide bonds. The quantitative estimate of drug-likeness (QED) is 0.487. The third-order valence-corrected chi connectivity index (χ3v) is 3.90. The van der Waals surface area contributed by atoms with Crippen molar-refractivity contribution in [2.24, 2.45) is 0 Å². The summed E-state index contributed by atoms with van der Waals surface area (Å²) in [6, 6.07) is 15.8. The van der Waals surface area contributed by atoms with E-state index < -0.39 is 0 Å². The van der Waals surface area contributed by atoms with Crippen LogP contribution in [0.3, 0.4) is 0 Å². The Hall–Kier alpha value is -1.87. The minimum absolute atomic E-state index is 0.311. The molecule has 0 atom stereocenters. The van der Waals surface area contributed by atoms with E-state index in [1.807, 2.05) is 36.4 Å². The van der Waals surface area contributed by atoms with Crippen molar-refractivity contribution in [3.8, 4) is 0 Å². The van der Waals surface area contributed by atoms with Crippen molar-refractivity contribution in [3.05, 3.63) is 58.6 Å². The highest BCUT2D eigenvalue weighted by atomic mass is 79.9. The number of methoxy groups -OCH3 is 1. The fourth-order valence-electron chi connectivity index (χ4n) is 2.39. The lowest BCUT2D eigenvalue weighted by atomic mass is 9.98. The molecule has 2 nitrogen and oxygen atoms in total. The Balaban J connectivity index is 2.55. The molecular weight excluding hydrogens is 304 g/mol. The van der Waals surface area contributed by atoms with E-state index in [0.717, 1.165) is 26.0 Å². The predicted octanol–water partition coefficient (Wildman–Crippen LogP) is 4.54. The van der Waals surface area contributed by atoms with Crippen LogP contribution in [0.2, 0.25) is 0 Å². The van der Waals surface area contributed by atoms with E-state index in [1.54, 1.807) is 6.07 Å². The lowest BCUT2D eigenvalue weighted by molar-refractivity contribution is 0.0603. The predicted molar refractivity (Wildman–Crippen MR) is 80.5 cm³/mol. The topological polar surface area (TPSA) is 26.3 Å². The van der Waals surface area contributed by atoms with Crippen LogP contribution in [-0.4, -0.2) is 13.1 Å². The van der Waals surface area contributed by atoms with Crippen LogP contribution in [0.25, 0.3) is 21.5 Å². The lowest BCUT2D eigenvalue weighted by Gasteiger charge is -2.10. The van der Waals surface area contributed by atoms with Crippen LogP contribution in [0.4, 0.5) is 0 Å². The molecule has 3 rings (SSSR count). The molecule has 0 aromatic heterocycles. The van der Waals surface area contributed by atoms with Gasteiger partial charge in [0.15, 0.2) is 0 Å². The average molecular weight is 315 g/mol. The number of carbonyl (C=O) groups is 1. The molecule has 0 saturated carbocycles. The second kappa shape index (κ2) is 4.67. The van der Waals surface area contributed by atoms with Gasteiger partial charge in [0.2, 0.25) is 0 Å². The van der Waals surface area contributed by atoms with Gasteiger partial charge in [-0.2, -0.15) is 0 Å². The van der Waals surface area contributed by atoms with E-state index in [4.69, 9.17) is 4.74 Å². The number of benzene rings is 3. The monoisotopic (exact) mass is 314 g/mol. The molecule has 0 fully saturated rings. The van der Waals surface area contributed by atoms with Crippen LogP contribution < -0.4 is 0 Å². The van der Waals surface area contributed by atoms with E-state index >= 15 is 0 Å². The highest BCUT2D eigenvalue weighted by molar-refractivity contribution is 9.10. The molecule has 3 heteroatoms. The highest BCUT2D eigenvalue weighted by Gasteiger charge is 2.14. The zero-order valence-electron chi connectivity index (χ0n) is 10.3. The summed E-state index contributed by atoms with van der Waals surface area (Å²) < 4.78 is 5.86. The normalized spacial score (nSPS) is 10.8. The minimum atomic E-state index is -0.311. The first-order valence-corrected chi connectivity index (χ1v) is 6.70. The molecule has 0 radical (unpaired) electrons. The Morgan fingerprint density at radius 3 is 2.58 bits per heavy atom. The van der Waals surface area contributed by atoms with Crippen molar-refractivity contribution in [2.75, 3.05) is 7.11 Å². The first kappa shape index (κ1) is 12.2. The fourth-order valence-corrected chi connectivity index (χ4v) is 2.96. The van der Waals surface area contributed by atoms with Gasteiger partial charge in [0.25, 0.3) is 0 Å². The maximum Gasteiger partial charge on any atom is 0.338 e. The van der Waals surface area contributed by atoms with Crippen molar-refractivity contribution in [3.63, 3.8) is 0 Å². The van der Waals surface area contributed by atoms with Crippen molar-refractivity contribution in [2.45, 2.75) is 0 Å². The van der Waals surface area contributed by atoms with Crippen molar-refractivity contribution >= 4 is 43.4 Å². The maximum atomic E-state index is 11.9. The molecule has 0 unspecified atom stereocenters. The Morgan fingerprint density at radius 2 is 1.79 bits per heavy atom. The number of halogens is 1. The van der Waals surface area contributed by atoms with Gasteiger partial charge in [-0.05, 0) is 28.3 Å². The second-order valence-corrected chi connectivity index (χ2v) is 5.15. The van der Waals surface area contributed by atoms with E-state index in [-0.39, 0.29) is 5.97 Å². The van der Waals surface area contributed by atoms with Crippen molar-refractivity contribution in [1.29, 1.82) is 0 Å². The Kier molecular flexibility index (Phi) is 2.99. The Morgan fingerprint density at radius 1 is 1.05 bits per heavy atom. The van der Waals surface area contributed by atoms with E-state index in [0.29, 0.717) is 5.56 Å². The molecule has 0 aliphatic carbocycles. The van der Waals surface area contributed by atoms with Crippen LogP contribution in [0.5, 0.6) is 0 Å². The Bertz CT molecular complexity index is 793. The van der Waals surface area contributed by atoms with Gasteiger partial charge in [-0.1, -0.05) is 52.3 Å². The molecule has 0 heterocycles. The summed E-state index contributed by atoms with van der Waals surface area (Å²) in [5.41, 5.74) is 0.595. The fraction of sp³-hybridized carbons (Fsp3) is 0.0625. The summed E-state index contributed by atoms with van der Waals surface area (Å²) in [5, 5.41) is 4.10. The van der Waals surface area contributed by atoms with Gasteiger partial charge < -0.3 is 4.74 Å². The molecule has 0 aliphatic rings. The molecule has 0 aliphatic heterocycles. The maximum absolute atomic E-state index is 11.9. The molecule has 3 aromatic carbocycles. The molecule has 19 heavy (non-hydrogen) atoms. The standard InChI is InChI=1S/C16H11BrO2/c1-19-16(18)13-8-4-7-12-14(17)9-10-5-2-3-6-11(10)15(12)13/h2-9H,1H3. The van der Waals surface area contributed by atoms with Crippen LogP contribution in [0.1, 0.15) is 10.4 Å². The van der Waals surface area contributed by atoms with Crippen molar-refractivity contribution < 1.29 is 9.53 Å². The van der Waals surface area contributed by atoms with Gasteiger partial charge >= 0.3 is 5.97 Å². The molecule has 0 bridgehead atoms. The van der Waals surface area contributed by atoms with Crippen LogP contribution >= 0.6 is 15.9 Å². The molecule has 94 valence electrons. The summed E-state index contributed by atoms with van der Waals surface area (Å²) in [5.74, 6) is -0.311. The first-order chi connectivity index (χ1) is 9.22. The van der Waals surface area contributed by atoms with E-state index in [1.165, 1.54) is 7.11 Å². The van der Waals surface area contributed by atoms with Gasteiger partial charge in [-0.25, -0.2) is 4.79 Å². The summed E-state index contributed by atoms with van der Waals surface area (Å²) in [7, 11) is 1.40. The zero-order chi connectivity index (χ0) is 13.4. The number of esters is 1.